The van der Waals surface area contributed by atoms with Gasteiger partial charge in [-0.3, -0.25) is 10.00 Å². The molecule has 2 aromatic heterocycles. The first-order chi connectivity index (χ1) is 8.83. The number of aromatic amines is 1. The monoisotopic (exact) mass is 263 g/mol. The Bertz CT molecular complexity index is 494. The number of aromatic nitrogens is 2. The Hall–Kier alpha value is -1.17. The molecule has 96 valence electrons. The van der Waals surface area contributed by atoms with Gasteiger partial charge in [0.25, 0.3) is 0 Å². The molecule has 0 radical (unpaired) electrons. The van der Waals surface area contributed by atoms with Crippen molar-refractivity contribution in [3.05, 3.63) is 39.8 Å². The smallest absolute Gasteiger partial charge is 0.0755 e. The maximum atomic E-state index is 5.59. The van der Waals surface area contributed by atoms with Crippen molar-refractivity contribution in [3.63, 3.8) is 0 Å². The minimum Gasteiger partial charge on any atom is -0.378 e. The van der Waals surface area contributed by atoms with E-state index in [0.717, 1.165) is 32.0 Å². The largest absolute Gasteiger partial charge is 0.378 e. The molecule has 18 heavy (non-hydrogen) atoms. The van der Waals surface area contributed by atoms with Gasteiger partial charge in [-0.1, -0.05) is 0 Å². The summed E-state index contributed by atoms with van der Waals surface area (Å²) in [7, 11) is 0. The van der Waals surface area contributed by atoms with E-state index in [-0.39, 0.29) is 0 Å². The van der Waals surface area contributed by atoms with Crippen molar-refractivity contribution in [2.24, 2.45) is 0 Å². The molecule has 0 unspecified atom stereocenters. The van der Waals surface area contributed by atoms with Crippen LogP contribution in [0.5, 0.6) is 0 Å². The van der Waals surface area contributed by atoms with E-state index in [9.17, 15) is 0 Å². The van der Waals surface area contributed by atoms with Gasteiger partial charge in [-0.05, 0) is 25.1 Å². The Labute approximate surface area is 111 Å². The fraction of sp³-hybridized carbons (Fsp3) is 0.462. The maximum absolute atomic E-state index is 5.59. The molecule has 0 saturated carbocycles. The number of hydrogen-bond acceptors (Lipinski definition) is 4. The summed E-state index contributed by atoms with van der Waals surface area (Å²) < 4.78 is 5.59. The third kappa shape index (κ3) is 2.48. The summed E-state index contributed by atoms with van der Waals surface area (Å²) in [6.45, 7) is 5.67. The van der Waals surface area contributed by atoms with Gasteiger partial charge in [0.2, 0.25) is 0 Å². The van der Waals surface area contributed by atoms with Crippen molar-refractivity contribution in [2.45, 2.75) is 19.5 Å². The molecule has 5 heteroatoms. The zero-order chi connectivity index (χ0) is 12.4. The van der Waals surface area contributed by atoms with E-state index < -0.39 is 0 Å². The van der Waals surface area contributed by atoms with Crippen LogP contribution in [0.15, 0.2) is 24.4 Å². The van der Waals surface area contributed by atoms with Crippen LogP contribution in [0.4, 0.5) is 0 Å². The van der Waals surface area contributed by atoms with Gasteiger partial charge in [-0.25, -0.2) is 0 Å². The quantitative estimate of drug-likeness (QED) is 0.924. The van der Waals surface area contributed by atoms with Crippen LogP contribution in [-0.4, -0.2) is 34.9 Å². The normalized spacial score (nSPS) is 21.3. The van der Waals surface area contributed by atoms with Gasteiger partial charge in [0.1, 0.15) is 0 Å². The molecule has 1 atom stereocenters. The van der Waals surface area contributed by atoms with Crippen molar-refractivity contribution in [3.8, 4) is 0 Å². The lowest BCUT2D eigenvalue weighted by Crippen LogP contribution is -2.39. The average molecular weight is 263 g/mol. The fourth-order valence-corrected chi connectivity index (χ4v) is 3.25. The van der Waals surface area contributed by atoms with E-state index in [1.54, 1.807) is 6.20 Å². The van der Waals surface area contributed by atoms with Gasteiger partial charge in [0.05, 0.1) is 24.9 Å². The molecule has 1 saturated heterocycles. The zero-order valence-corrected chi connectivity index (χ0v) is 11.2. The van der Waals surface area contributed by atoms with E-state index in [4.69, 9.17) is 4.74 Å². The SMILES string of the molecule is Cc1ccc(CN2CCOC[C@H]2c2ccn[nH]2)s1. The summed E-state index contributed by atoms with van der Waals surface area (Å²) in [6, 6.07) is 6.74. The minimum atomic E-state index is 0.295. The van der Waals surface area contributed by atoms with E-state index in [0.29, 0.717) is 6.04 Å². The van der Waals surface area contributed by atoms with Crippen molar-refractivity contribution < 1.29 is 4.74 Å². The summed E-state index contributed by atoms with van der Waals surface area (Å²) in [5, 5.41) is 7.10. The first kappa shape index (κ1) is 11.9. The molecule has 1 fully saturated rings. The number of ether oxygens (including phenoxy) is 1. The first-order valence-corrected chi connectivity index (χ1v) is 7.01. The number of aryl methyl sites for hydroxylation is 1. The maximum Gasteiger partial charge on any atom is 0.0755 e. The molecule has 0 aromatic carbocycles. The summed E-state index contributed by atoms with van der Waals surface area (Å²) >= 11 is 1.87. The number of hydrogen-bond donors (Lipinski definition) is 1. The first-order valence-electron chi connectivity index (χ1n) is 6.19. The Balaban J connectivity index is 1.76. The van der Waals surface area contributed by atoms with Crippen LogP contribution in [0.3, 0.4) is 0 Å². The van der Waals surface area contributed by atoms with Crippen LogP contribution < -0.4 is 0 Å². The second-order valence-corrected chi connectivity index (χ2v) is 5.96. The van der Waals surface area contributed by atoms with Gasteiger partial charge >= 0.3 is 0 Å². The molecule has 4 nitrogen and oxygen atoms in total. The molecule has 3 rings (SSSR count). The highest BCUT2D eigenvalue weighted by atomic mass is 32.1. The Kier molecular flexibility index (Phi) is 3.45. The highest BCUT2D eigenvalue weighted by Gasteiger charge is 2.25. The number of rotatable bonds is 3. The van der Waals surface area contributed by atoms with Gasteiger partial charge in [-0.15, -0.1) is 11.3 Å². The Morgan fingerprint density at radius 2 is 2.44 bits per heavy atom. The molecule has 0 amide bonds. The van der Waals surface area contributed by atoms with Crippen LogP contribution in [0.1, 0.15) is 21.5 Å². The molecule has 3 heterocycles. The molecule has 0 aliphatic carbocycles. The van der Waals surface area contributed by atoms with E-state index in [1.165, 1.54) is 9.75 Å². The number of thiophene rings is 1. The highest BCUT2D eigenvalue weighted by molar-refractivity contribution is 7.11. The van der Waals surface area contributed by atoms with Crippen LogP contribution in [0, 0.1) is 6.92 Å². The van der Waals surface area contributed by atoms with Crippen LogP contribution >= 0.6 is 11.3 Å². The Morgan fingerprint density at radius 1 is 1.50 bits per heavy atom. The van der Waals surface area contributed by atoms with E-state index in [2.05, 4.69) is 34.2 Å². The summed E-state index contributed by atoms with van der Waals surface area (Å²) in [5.41, 5.74) is 1.14. The van der Waals surface area contributed by atoms with Gasteiger partial charge < -0.3 is 4.74 Å². The average Bonchev–Trinajstić information content (AvgIpc) is 3.02. The lowest BCUT2D eigenvalue weighted by Gasteiger charge is -2.34. The predicted octanol–water partition coefficient (Wildman–Crippen LogP) is 2.35. The van der Waals surface area contributed by atoms with Crippen molar-refractivity contribution in [2.75, 3.05) is 19.8 Å². The van der Waals surface area contributed by atoms with Crippen LogP contribution in [0.2, 0.25) is 0 Å². The van der Waals surface area contributed by atoms with E-state index in [1.807, 2.05) is 17.4 Å². The van der Waals surface area contributed by atoms with E-state index >= 15 is 0 Å². The molecule has 1 aliphatic rings. The van der Waals surface area contributed by atoms with Gasteiger partial charge in [0, 0.05) is 29.0 Å². The van der Waals surface area contributed by atoms with Crippen LogP contribution in [-0.2, 0) is 11.3 Å². The lowest BCUT2D eigenvalue weighted by atomic mass is 10.1. The summed E-state index contributed by atoms with van der Waals surface area (Å²) in [5.74, 6) is 0. The van der Waals surface area contributed by atoms with Gasteiger partial charge in [0.15, 0.2) is 0 Å². The van der Waals surface area contributed by atoms with Crippen molar-refractivity contribution in [1.29, 1.82) is 0 Å². The van der Waals surface area contributed by atoms with Crippen LogP contribution in [0.25, 0.3) is 0 Å². The fourth-order valence-electron chi connectivity index (χ4n) is 2.34. The molecule has 2 aromatic rings. The standard InChI is InChI=1S/C13H17N3OS/c1-10-2-3-11(18-10)8-16-6-7-17-9-13(16)12-4-5-14-15-12/h2-5,13H,6-9H2,1H3,(H,14,15)/t13-/m0/s1. The third-order valence-corrected chi connectivity index (χ3v) is 4.26. The molecular weight excluding hydrogens is 246 g/mol. The number of nitrogens with zero attached hydrogens (tertiary/aromatic N) is 2. The molecule has 0 bridgehead atoms. The minimum absolute atomic E-state index is 0.295. The molecule has 0 spiro atoms. The molecular formula is C13H17N3OS. The number of H-pyrrole nitrogens is 1. The van der Waals surface area contributed by atoms with Crippen molar-refractivity contribution in [1.82, 2.24) is 15.1 Å². The molecule has 1 N–H and O–H groups in total. The molecule has 1 aliphatic heterocycles. The van der Waals surface area contributed by atoms with Crippen molar-refractivity contribution >= 4 is 11.3 Å². The second kappa shape index (κ2) is 5.22. The third-order valence-electron chi connectivity index (χ3n) is 3.28. The predicted molar refractivity (Wildman–Crippen MR) is 71.6 cm³/mol. The van der Waals surface area contributed by atoms with Gasteiger partial charge in [-0.2, -0.15) is 5.10 Å². The zero-order valence-electron chi connectivity index (χ0n) is 10.4. The summed E-state index contributed by atoms with van der Waals surface area (Å²) in [6.07, 6.45) is 1.80. The highest BCUT2D eigenvalue weighted by Crippen LogP contribution is 2.26. The number of morpholine rings is 1. The Morgan fingerprint density at radius 3 is 3.17 bits per heavy atom. The second-order valence-electron chi connectivity index (χ2n) is 4.59. The number of nitrogens with one attached hydrogen (secondary N) is 1. The topological polar surface area (TPSA) is 41.1 Å². The summed E-state index contributed by atoms with van der Waals surface area (Å²) in [4.78, 5) is 5.25. The lowest BCUT2D eigenvalue weighted by molar-refractivity contribution is -0.0138.